The van der Waals surface area contributed by atoms with Gasteiger partial charge in [-0.2, -0.15) is 0 Å². The van der Waals surface area contributed by atoms with Crippen LogP contribution in [0.25, 0.3) is 0 Å². The number of halogens is 1. The highest BCUT2D eigenvalue weighted by Crippen LogP contribution is 2.16. The van der Waals surface area contributed by atoms with E-state index in [0.717, 1.165) is 6.42 Å². The molecule has 1 aromatic rings. The minimum atomic E-state index is -0.542. The van der Waals surface area contributed by atoms with Crippen molar-refractivity contribution in [2.24, 2.45) is 0 Å². The van der Waals surface area contributed by atoms with Crippen molar-refractivity contribution in [2.45, 2.75) is 31.0 Å². The van der Waals surface area contributed by atoms with E-state index in [2.05, 4.69) is 15.3 Å². The first-order chi connectivity index (χ1) is 8.58. The second kappa shape index (κ2) is 7.56. The van der Waals surface area contributed by atoms with Gasteiger partial charge in [-0.05, 0) is 12.7 Å². The zero-order valence-corrected chi connectivity index (χ0v) is 11.9. The molecule has 2 N–H and O–H groups in total. The van der Waals surface area contributed by atoms with Crippen LogP contribution in [0.15, 0.2) is 11.4 Å². The maximum atomic E-state index is 11.8. The zero-order valence-electron chi connectivity index (χ0n) is 10.3. The zero-order chi connectivity index (χ0) is 13.5. The monoisotopic (exact) mass is 289 g/mol. The Morgan fingerprint density at radius 2 is 2.39 bits per heavy atom. The second-order valence-electron chi connectivity index (χ2n) is 3.71. The molecular weight excluding hydrogens is 274 g/mol. The molecule has 1 atom stereocenters. The topological polar surface area (TPSA) is 75.1 Å². The number of nitrogens with one attached hydrogen (secondary N) is 1. The lowest BCUT2D eigenvalue weighted by Gasteiger charge is -2.11. The summed E-state index contributed by atoms with van der Waals surface area (Å²) in [6.45, 7) is 2.17. The lowest BCUT2D eigenvalue weighted by atomic mass is 10.2. The molecule has 1 amide bonds. The molecule has 1 heterocycles. The molecule has 0 aliphatic rings. The van der Waals surface area contributed by atoms with E-state index in [-0.39, 0.29) is 17.3 Å². The molecule has 0 aliphatic heterocycles. The first-order valence-electron chi connectivity index (χ1n) is 5.61. The smallest absolute Gasteiger partial charge is 0.271 e. The molecule has 1 unspecified atom stereocenters. The van der Waals surface area contributed by atoms with Gasteiger partial charge >= 0.3 is 0 Å². The molecule has 0 aromatic carbocycles. The fourth-order valence-corrected chi connectivity index (χ4v) is 1.86. The van der Waals surface area contributed by atoms with E-state index in [1.165, 1.54) is 18.0 Å². The number of nitrogens with zero attached hydrogens (tertiary/aromatic N) is 2. The Morgan fingerprint density at radius 1 is 1.67 bits per heavy atom. The largest absolute Gasteiger partial charge is 0.391 e. The van der Waals surface area contributed by atoms with Gasteiger partial charge in [0.25, 0.3) is 5.91 Å². The molecule has 0 saturated heterocycles. The average molecular weight is 290 g/mol. The number of amides is 1. The lowest BCUT2D eigenvalue weighted by molar-refractivity contribution is 0.0904. The van der Waals surface area contributed by atoms with Gasteiger partial charge in [-0.15, -0.1) is 0 Å². The van der Waals surface area contributed by atoms with Crippen LogP contribution in [0.5, 0.6) is 0 Å². The van der Waals surface area contributed by atoms with Gasteiger partial charge in [-0.25, -0.2) is 9.97 Å². The molecule has 5 nitrogen and oxygen atoms in total. The highest BCUT2D eigenvalue weighted by Gasteiger charge is 2.14. The normalized spacial score (nSPS) is 12.2. The van der Waals surface area contributed by atoms with Crippen molar-refractivity contribution in [3.63, 3.8) is 0 Å². The number of carbonyl (C=O) groups excluding carboxylic acids is 1. The minimum Gasteiger partial charge on any atom is -0.391 e. The molecule has 0 saturated carbocycles. The number of rotatable bonds is 6. The summed E-state index contributed by atoms with van der Waals surface area (Å²) < 4.78 is 0. The second-order valence-corrected chi connectivity index (χ2v) is 4.89. The number of thioether (sulfide) groups is 1. The van der Waals surface area contributed by atoms with Crippen molar-refractivity contribution in [1.29, 1.82) is 0 Å². The Morgan fingerprint density at radius 3 is 3.00 bits per heavy atom. The Kier molecular flexibility index (Phi) is 6.38. The molecule has 100 valence electrons. The fourth-order valence-electron chi connectivity index (χ4n) is 1.34. The molecule has 0 bridgehead atoms. The maximum Gasteiger partial charge on any atom is 0.271 e. The van der Waals surface area contributed by atoms with Crippen LogP contribution in [0.2, 0.25) is 5.02 Å². The standard InChI is InChI=1S/C11H16ClN3O2S/c1-3-4-7(16)5-13-10(17)9-8(12)6-14-11(15-9)18-2/h6-7,16H,3-5H2,1-2H3,(H,13,17). The molecule has 7 heteroatoms. The quantitative estimate of drug-likeness (QED) is 0.616. The summed E-state index contributed by atoms with van der Waals surface area (Å²) in [7, 11) is 0. The summed E-state index contributed by atoms with van der Waals surface area (Å²) in [6, 6.07) is 0. The summed E-state index contributed by atoms with van der Waals surface area (Å²) >= 11 is 7.20. The summed E-state index contributed by atoms with van der Waals surface area (Å²) in [5.74, 6) is -0.396. The summed E-state index contributed by atoms with van der Waals surface area (Å²) in [5, 5.41) is 12.8. The number of hydrogen-bond donors (Lipinski definition) is 2. The minimum absolute atomic E-state index is 0.139. The third-order valence-corrected chi connectivity index (χ3v) is 3.08. The first kappa shape index (κ1) is 15.2. The Hall–Kier alpha value is -0.850. The highest BCUT2D eigenvalue weighted by atomic mass is 35.5. The molecule has 0 fully saturated rings. The number of carbonyl (C=O) groups is 1. The van der Waals surface area contributed by atoms with Crippen LogP contribution in [-0.4, -0.2) is 39.9 Å². The van der Waals surface area contributed by atoms with Crippen molar-refractivity contribution in [3.8, 4) is 0 Å². The van der Waals surface area contributed by atoms with Gasteiger partial charge in [0.1, 0.15) is 0 Å². The average Bonchev–Trinajstić information content (AvgIpc) is 2.37. The summed E-state index contributed by atoms with van der Waals surface area (Å²) in [6.07, 6.45) is 4.18. The van der Waals surface area contributed by atoms with Crippen LogP contribution >= 0.6 is 23.4 Å². The predicted octanol–water partition coefficient (Wildman–Crippen LogP) is 1.74. The van der Waals surface area contributed by atoms with Crippen molar-refractivity contribution in [3.05, 3.63) is 16.9 Å². The predicted molar refractivity (Wildman–Crippen MR) is 72.1 cm³/mol. The molecule has 18 heavy (non-hydrogen) atoms. The van der Waals surface area contributed by atoms with E-state index in [1.807, 2.05) is 13.2 Å². The van der Waals surface area contributed by atoms with Crippen molar-refractivity contribution in [1.82, 2.24) is 15.3 Å². The third-order valence-electron chi connectivity index (χ3n) is 2.24. The van der Waals surface area contributed by atoms with Crippen LogP contribution in [0.4, 0.5) is 0 Å². The van der Waals surface area contributed by atoms with Gasteiger partial charge in [0, 0.05) is 6.54 Å². The third kappa shape index (κ3) is 4.44. The van der Waals surface area contributed by atoms with Crippen LogP contribution < -0.4 is 5.32 Å². The van der Waals surface area contributed by atoms with E-state index >= 15 is 0 Å². The highest BCUT2D eigenvalue weighted by molar-refractivity contribution is 7.98. The number of hydrogen-bond acceptors (Lipinski definition) is 5. The van der Waals surface area contributed by atoms with E-state index in [9.17, 15) is 9.90 Å². The van der Waals surface area contributed by atoms with Crippen LogP contribution in [0.3, 0.4) is 0 Å². The van der Waals surface area contributed by atoms with Crippen LogP contribution in [0, 0.1) is 0 Å². The van der Waals surface area contributed by atoms with E-state index in [0.29, 0.717) is 11.6 Å². The maximum absolute atomic E-state index is 11.8. The first-order valence-corrected chi connectivity index (χ1v) is 7.21. The Balaban J connectivity index is 2.66. The van der Waals surface area contributed by atoms with Gasteiger partial charge in [-0.3, -0.25) is 4.79 Å². The fraction of sp³-hybridized carbons (Fsp3) is 0.545. The molecule has 0 aliphatic carbocycles. The molecule has 0 radical (unpaired) electrons. The van der Waals surface area contributed by atoms with Gasteiger partial charge < -0.3 is 10.4 Å². The lowest BCUT2D eigenvalue weighted by Crippen LogP contribution is -2.32. The van der Waals surface area contributed by atoms with Crippen LogP contribution in [-0.2, 0) is 0 Å². The molecule has 1 aromatic heterocycles. The summed E-state index contributed by atoms with van der Waals surface area (Å²) in [4.78, 5) is 19.8. The molecule has 0 spiro atoms. The number of aliphatic hydroxyl groups excluding tert-OH is 1. The van der Waals surface area contributed by atoms with Crippen molar-refractivity contribution < 1.29 is 9.90 Å². The SMILES string of the molecule is CCCC(O)CNC(=O)c1nc(SC)ncc1Cl. The van der Waals surface area contributed by atoms with Gasteiger partial charge in [0.05, 0.1) is 17.3 Å². The van der Waals surface area contributed by atoms with Crippen molar-refractivity contribution in [2.75, 3.05) is 12.8 Å². The van der Waals surface area contributed by atoms with E-state index in [1.54, 1.807) is 0 Å². The summed E-state index contributed by atoms with van der Waals surface area (Å²) in [5.41, 5.74) is 0.139. The Bertz CT molecular complexity index is 417. The van der Waals surface area contributed by atoms with Crippen LogP contribution in [0.1, 0.15) is 30.3 Å². The number of aliphatic hydroxyl groups is 1. The molecular formula is C11H16ClN3O2S. The van der Waals surface area contributed by atoms with Gasteiger partial charge in [0.15, 0.2) is 10.9 Å². The van der Waals surface area contributed by atoms with E-state index < -0.39 is 12.0 Å². The number of aromatic nitrogens is 2. The van der Waals surface area contributed by atoms with Gasteiger partial charge in [-0.1, -0.05) is 36.7 Å². The van der Waals surface area contributed by atoms with Crippen molar-refractivity contribution >= 4 is 29.3 Å². The molecule has 1 rings (SSSR count). The Labute approximate surface area is 115 Å². The van der Waals surface area contributed by atoms with Gasteiger partial charge in [0.2, 0.25) is 0 Å². The van der Waals surface area contributed by atoms with E-state index in [4.69, 9.17) is 11.6 Å².